The number of likely N-dealkylation sites (tertiary alicyclic amines) is 1. The Morgan fingerprint density at radius 2 is 1.91 bits per heavy atom. The number of aromatic amines is 1. The summed E-state index contributed by atoms with van der Waals surface area (Å²) < 4.78 is 1.76. The second-order valence-electron chi connectivity index (χ2n) is 7.99. The molecule has 0 atom stereocenters. The molecule has 0 radical (unpaired) electrons. The van der Waals surface area contributed by atoms with Crippen molar-refractivity contribution in [3.8, 4) is 5.69 Å². The summed E-state index contributed by atoms with van der Waals surface area (Å²) in [4.78, 5) is 37.4. The van der Waals surface area contributed by atoms with Gasteiger partial charge in [0.25, 0.3) is 11.5 Å². The number of H-pyrrole nitrogens is 1. The fourth-order valence-electron chi connectivity index (χ4n) is 4.00. The van der Waals surface area contributed by atoms with Gasteiger partial charge < -0.3 is 9.88 Å². The second kappa shape index (κ2) is 8.20. The number of carbonyl (C=O) groups is 1. The van der Waals surface area contributed by atoms with Gasteiger partial charge in [-0.2, -0.15) is 5.10 Å². The summed E-state index contributed by atoms with van der Waals surface area (Å²) in [6.45, 7) is 5.33. The molecule has 0 spiro atoms. The normalized spacial score (nSPS) is 14.4. The number of hydrogen-bond acceptors (Lipinski definition) is 5. The molecule has 4 heterocycles. The lowest BCUT2D eigenvalue weighted by atomic mass is 10.1. The van der Waals surface area contributed by atoms with Crippen LogP contribution in [-0.2, 0) is 4.79 Å². The quantitative estimate of drug-likeness (QED) is 0.482. The van der Waals surface area contributed by atoms with Gasteiger partial charge in [-0.25, -0.2) is 9.67 Å². The number of carbonyl (C=O) groups excluding carboxylic acids is 1. The van der Waals surface area contributed by atoms with Crippen LogP contribution in [0.15, 0.2) is 47.5 Å². The molecule has 0 saturated carbocycles. The summed E-state index contributed by atoms with van der Waals surface area (Å²) in [6.07, 6.45) is 7.31. The first kappa shape index (κ1) is 20.4. The average molecular weight is 446 g/mol. The second-order valence-corrected chi connectivity index (χ2v) is 9.19. The van der Waals surface area contributed by atoms with Crippen molar-refractivity contribution in [3.63, 3.8) is 0 Å². The minimum absolute atomic E-state index is 0.123. The molecule has 1 amide bonds. The van der Waals surface area contributed by atoms with Gasteiger partial charge in [0.2, 0.25) is 0 Å². The molecule has 1 fully saturated rings. The molecule has 1 aliphatic rings. The number of aromatic nitrogens is 4. The summed E-state index contributed by atoms with van der Waals surface area (Å²) in [5, 5.41) is 5.03. The summed E-state index contributed by atoms with van der Waals surface area (Å²) in [5.74, 6) is 0.176. The molecule has 0 unspecified atom stereocenters. The molecule has 7 nitrogen and oxygen atoms in total. The maximum atomic E-state index is 13.4. The van der Waals surface area contributed by atoms with E-state index in [1.54, 1.807) is 17.0 Å². The van der Waals surface area contributed by atoms with Crippen LogP contribution in [-0.4, -0.2) is 43.6 Å². The van der Waals surface area contributed by atoms with Crippen LogP contribution in [0, 0.1) is 13.8 Å². The molecule has 1 aliphatic heterocycles. The highest BCUT2D eigenvalue weighted by Crippen LogP contribution is 2.28. The molecule has 1 N–H and O–H groups in total. The van der Waals surface area contributed by atoms with Crippen LogP contribution in [0.1, 0.15) is 34.7 Å². The van der Waals surface area contributed by atoms with Crippen molar-refractivity contribution in [1.82, 2.24) is 24.6 Å². The molecule has 8 heteroatoms. The van der Waals surface area contributed by atoms with Crippen molar-refractivity contribution >= 4 is 39.1 Å². The van der Waals surface area contributed by atoms with Crippen molar-refractivity contribution in [2.24, 2.45) is 0 Å². The van der Waals surface area contributed by atoms with Crippen molar-refractivity contribution in [2.75, 3.05) is 13.1 Å². The monoisotopic (exact) mass is 445 g/mol. The van der Waals surface area contributed by atoms with Gasteiger partial charge >= 0.3 is 0 Å². The van der Waals surface area contributed by atoms with Crippen LogP contribution in [0.2, 0.25) is 0 Å². The maximum Gasteiger partial charge on any atom is 0.260 e. The lowest BCUT2D eigenvalue weighted by molar-refractivity contribution is -0.123. The van der Waals surface area contributed by atoms with Gasteiger partial charge in [0, 0.05) is 29.7 Å². The first-order valence-corrected chi connectivity index (χ1v) is 11.4. The summed E-state index contributed by atoms with van der Waals surface area (Å²) >= 11 is 1.48. The third-order valence-corrected chi connectivity index (χ3v) is 6.95. The molecule has 3 aromatic heterocycles. The first-order valence-electron chi connectivity index (χ1n) is 10.6. The molecule has 32 heavy (non-hydrogen) atoms. The number of hydrogen-bond donors (Lipinski definition) is 1. The average Bonchev–Trinajstić information content (AvgIpc) is 3.54. The van der Waals surface area contributed by atoms with Crippen LogP contribution >= 0.6 is 11.3 Å². The van der Waals surface area contributed by atoms with Crippen LogP contribution in [0.5, 0.6) is 0 Å². The lowest BCUT2D eigenvalue weighted by Gasteiger charge is -2.17. The van der Waals surface area contributed by atoms with E-state index in [-0.39, 0.29) is 11.5 Å². The highest BCUT2D eigenvalue weighted by atomic mass is 32.1. The van der Waals surface area contributed by atoms with Crippen LogP contribution in [0.25, 0.3) is 27.6 Å². The van der Waals surface area contributed by atoms with Crippen molar-refractivity contribution in [2.45, 2.75) is 26.7 Å². The Morgan fingerprint density at radius 1 is 1.16 bits per heavy atom. The minimum Gasteiger partial charge on any atom is -0.339 e. The first-order chi connectivity index (χ1) is 15.5. The van der Waals surface area contributed by atoms with E-state index in [4.69, 9.17) is 4.98 Å². The predicted octanol–water partition coefficient (Wildman–Crippen LogP) is 3.95. The molecular formula is C24H23N5O2S. The van der Waals surface area contributed by atoms with E-state index in [1.807, 2.05) is 55.3 Å². The molecule has 4 aromatic rings. The minimum atomic E-state index is -0.216. The number of aryl methyl sites for hydroxylation is 2. The molecule has 5 rings (SSSR count). The Morgan fingerprint density at radius 3 is 2.66 bits per heavy atom. The summed E-state index contributed by atoms with van der Waals surface area (Å²) in [5.41, 5.74) is 2.79. The zero-order valence-corrected chi connectivity index (χ0v) is 18.8. The standard InChI is InChI=1S/C24H23N5O2S/c1-15-16(2)32-23-20(15)22(30)26-21(27-23)19(24(31)28-10-6-7-11-28)12-17-13-25-29(14-17)18-8-4-3-5-9-18/h3-5,8-9,12-14H,6-7,10-11H2,1-2H3,(H,26,27,30)/b19-12-. The zero-order chi connectivity index (χ0) is 22.2. The van der Waals surface area contributed by atoms with Gasteiger partial charge in [0.1, 0.15) is 10.7 Å². The Bertz CT molecular complexity index is 1390. The Balaban J connectivity index is 1.62. The van der Waals surface area contributed by atoms with E-state index in [2.05, 4.69) is 10.1 Å². The third-order valence-electron chi connectivity index (χ3n) is 5.85. The fraction of sp³-hybridized carbons (Fsp3) is 0.250. The largest absolute Gasteiger partial charge is 0.339 e. The number of nitrogens with one attached hydrogen (secondary N) is 1. The van der Waals surface area contributed by atoms with E-state index in [9.17, 15) is 9.59 Å². The van der Waals surface area contributed by atoms with Crippen molar-refractivity contribution in [3.05, 3.63) is 74.9 Å². The van der Waals surface area contributed by atoms with E-state index in [1.165, 1.54) is 11.3 Å². The SMILES string of the molecule is Cc1sc2nc(/C(=C/c3cnn(-c4ccccc4)c3)C(=O)N3CCCC3)[nH]c(=O)c2c1C. The Hall–Kier alpha value is -3.52. The van der Waals surface area contributed by atoms with E-state index in [0.29, 0.717) is 34.7 Å². The third kappa shape index (κ3) is 3.67. The number of fused-ring (bicyclic) bond motifs is 1. The highest BCUT2D eigenvalue weighted by molar-refractivity contribution is 7.18. The van der Waals surface area contributed by atoms with Crippen LogP contribution in [0.4, 0.5) is 0 Å². The maximum absolute atomic E-state index is 13.4. The number of amides is 1. The predicted molar refractivity (Wildman–Crippen MR) is 127 cm³/mol. The smallest absolute Gasteiger partial charge is 0.260 e. The van der Waals surface area contributed by atoms with E-state index < -0.39 is 0 Å². The number of benzene rings is 1. The molecule has 1 saturated heterocycles. The topological polar surface area (TPSA) is 83.9 Å². The number of para-hydroxylation sites is 1. The highest BCUT2D eigenvalue weighted by Gasteiger charge is 2.25. The van der Waals surface area contributed by atoms with Gasteiger partial charge in [-0.1, -0.05) is 18.2 Å². The van der Waals surface area contributed by atoms with Gasteiger partial charge in [0.05, 0.1) is 22.8 Å². The zero-order valence-electron chi connectivity index (χ0n) is 18.0. The number of thiophene rings is 1. The summed E-state index contributed by atoms with van der Waals surface area (Å²) in [7, 11) is 0. The lowest BCUT2D eigenvalue weighted by Crippen LogP contribution is -2.29. The molecular weight excluding hydrogens is 422 g/mol. The molecule has 0 aliphatic carbocycles. The van der Waals surface area contributed by atoms with Crippen molar-refractivity contribution in [1.29, 1.82) is 0 Å². The van der Waals surface area contributed by atoms with Crippen LogP contribution < -0.4 is 5.56 Å². The van der Waals surface area contributed by atoms with E-state index in [0.717, 1.165) is 34.5 Å². The van der Waals surface area contributed by atoms with Crippen molar-refractivity contribution < 1.29 is 4.79 Å². The number of nitrogens with zero attached hydrogens (tertiary/aromatic N) is 4. The summed E-state index contributed by atoms with van der Waals surface area (Å²) in [6, 6.07) is 9.77. The van der Waals surface area contributed by atoms with Gasteiger partial charge in [0.15, 0.2) is 0 Å². The number of rotatable bonds is 4. The molecule has 162 valence electrons. The molecule has 0 bridgehead atoms. The fourth-order valence-corrected chi connectivity index (χ4v) is 5.03. The van der Waals surface area contributed by atoms with Gasteiger partial charge in [-0.05, 0) is 50.5 Å². The molecule has 1 aromatic carbocycles. The van der Waals surface area contributed by atoms with Gasteiger partial charge in [-0.3, -0.25) is 9.59 Å². The van der Waals surface area contributed by atoms with Gasteiger partial charge in [-0.15, -0.1) is 11.3 Å². The van der Waals surface area contributed by atoms with Crippen LogP contribution in [0.3, 0.4) is 0 Å². The van der Waals surface area contributed by atoms with E-state index >= 15 is 0 Å². The Kier molecular flexibility index (Phi) is 5.22. The Labute approximate surface area is 189 Å².